The van der Waals surface area contributed by atoms with Crippen molar-refractivity contribution in [3.63, 3.8) is 0 Å². The molecule has 5 heteroatoms. The number of hydrogen-bond donors (Lipinski definition) is 0. The maximum atomic E-state index is 10.6. The third-order valence-corrected chi connectivity index (χ3v) is 9.65. The van der Waals surface area contributed by atoms with Gasteiger partial charge in [-0.05, 0) is 65.7 Å². The molecule has 0 spiro atoms. The SMILES string of the molecule is N#Cc1ccc2c(c1)c1ccccc1n2-c1c(C#N)cccc1-c1ccccc1-c1ccc(-n2c3ccccc3c3ccccc32)cc1C#N. The lowest BCUT2D eigenvalue weighted by atomic mass is 9.90. The Kier molecular flexibility index (Phi) is 6.56. The highest BCUT2D eigenvalue weighted by molar-refractivity contribution is 6.11. The van der Waals surface area contributed by atoms with Crippen molar-refractivity contribution in [1.29, 1.82) is 15.8 Å². The lowest BCUT2D eigenvalue weighted by molar-refractivity contribution is 1.17. The van der Waals surface area contributed by atoms with Crippen LogP contribution in [-0.2, 0) is 0 Å². The summed E-state index contributed by atoms with van der Waals surface area (Å²) in [4.78, 5) is 0. The van der Waals surface area contributed by atoms with Crippen LogP contribution in [0.15, 0.2) is 152 Å². The van der Waals surface area contributed by atoms with Crippen molar-refractivity contribution in [2.75, 3.05) is 0 Å². The molecule has 2 aromatic heterocycles. The van der Waals surface area contributed by atoms with Crippen molar-refractivity contribution < 1.29 is 0 Å². The molecule has 7 aromatic carbocycles. The van der Waals surface area contributed by atoms with Crippen LogP contribution >= 0.6 is 0 Å². The monoisotopic (exact) mass is 635 g/mol. The molecule has 0 atom stereocenters. The Balaban J connectivity index is 1.28. The molecule has 9 rings (SSSR count). The van der Waals surface area contributed by atoms with Gasteiger partial charge in [0.05, 0.1) is 56.6 Å². The van der Waals surface area contributed by atoms with Gasteiger partial charge in [0.2, 0.25) is 0 Å². The quantitative estimate of drug-likeness (QED) is 0.193. The van der Waals surface area contributed by atoms with E-state index in [2.05, 4.69) is 81.9 Å². The van der Waals surface area contributed by atoms with Gasteiger partial charge < -0.3 is 9.13 Å². The molecule has 0 aliphatic rings. The molecule has 0 radical (unpaired) electrons. The molecular formula is C45H25N5. The molecule has 0 fully saturated rings. The largest absolute Gasteiger partial charge is 0.309 e. The second-order valence-corrected chi connectivity index (χ2v) is 12.3. The number of hydrogen-bond acceptors (Lipinski definition) is 3. The molecule has 0 unspecified atom stereocenters. The molecule has 9 aromatic rings. The topological polar surface area (TPSA) is 81.2 Å². The van der Waals surface area contributed by atoms with E-state index in [1.807, 2.05) is 97.1 Å². The van der Waals surface area contributed by atoms with Crippen molar-refractivity contribution >= 4 is 43.6 Å². The molecule has 0 aliphatic heterocycles. The molecule has 0 N–H and O–H groups in total. The maximum Gasteiger partial charge on any atom is 0.101 e. The first kappa shape index (κ1) is 28.8. The van der Waals surface area contributed by atoms with Crippen molar-refractivity contribution in [1.82, 2.24) is 9.13 Å². The van der Waals surface area contributed by atoms with Crippen molar-refractivity contribution in [2.45, 2.75) is 0 Å². The van der Waals surface area contributed by atoms with Crippen LogP contribution in [-0.4, -0.2) is 9.13 Å². The number of benzene rings is 7. The minimum atomic E-state index is 0.520. The highest BCUT2D eigenvalue weighted by atomic mass is 15.0. The average molecular weight is 636 g/mol. The Labute approximate surface area is 287 Å². The Morgan fingerprint density at radius 1 is 0.360 bits per heavy atom. The summed E-state index contributed by atoms with van der Waals surface area (Å²) >= 11 is 0. The molecular weight excluding hydrogens is 611 g/mol. The summed E-state index contributed by atoms with van der Waals surface area (Å²) in [6.07, 6.45) is 0. The third-order valence-electron chi connectivity index (χ3n) is 9.65. The first-order valence-corrected chi connectivity index (χ1v) is 16.3. The fourth-order valence-electron chi connectivity index (χ4n) is 7.53. The van der Waals surface area contributed by atoms with Gasteiger partial charge in [-0.1, -0.05) is 97.1 Å². The molecule has 2 heterocycles. The molecule has 5 nitrogen and oxygen atoms in total. The van der Waals surface area contributed by atoms with Gasteiger partial charge >= 0.3 is 0 Å². The van der Waals surface area contributed by atoms with Crippen LogP contribution in [0.4, 0.5) is 0 Å². The second-order valence-electron chi connectivity index (χ2n) is 12.3. The fraction of sp³-hybridized carbons (Fsp3) is 0. The molecule has 0 aliphatic carbocycles. The van der Waals surface area contributed by atoms with Gasteiger partial charge in [0, 0.05) is 38.4 Å². The van der Waals surface area contributed by atoms with Crippen LogP contribution in [0.3, 0.4) is 0 Å². The fourth-order valence-corrected chi connectivity index (χ4v) is 7.53. The van der Waals surface area contributed by atoms with Gasteiger partial charge in [-0.15, -0.1) is 0 Å². The van der Waals surface area contributed by atoms with Crippen LogP contribution in [0.1, 0.15) is 16.7 Å². The van der Waals surface area contributed by atoms with Crippen molar-refractivity contribution in [3.05, 3.63) is 168 Å². The normalized spacial score (nSPS) is 11.1. The molecule has 0 amide bonds. The molecule has 0 saturated heterocycles. The first-order valence-electron chi connectivity index (χ1n) is 16.3. The van der Waals surface area contributed by atoms with E-state index < -0.39 is 0 Å². The lowest BCUT2D eigenvalue weighted by Crippen LogP contribution is -2.02. The van der Waals surface area contributed by atoms with Gasteiger partial charge in [-0.25, -0.2) is 0 Å². The molecule has 50 heavy (non-hydrogen) atoms. The summed E-state index contributed by atoms with van der Waals surface area (Å²) in [5.74, 6) is 0. The van der Waals surface area contributed by atoms with Crippen molar-refractivity contribution in [2.24, 2.45) is 0 Å². The average Bonchev–Trinajstić information content (AvgIpc) is 3.69. The molecule has 0 saturated carbocycles. The number of nitrogens with zero attached hydrogens (tertiary/aromatic N) is 5. The highest BCUT2D eigenvalue weighted by Gasteiger charge is 2.22. The smallest absolute Gasteiger partial charge is 0.101 e. The summed E-state index contributed by atoms with van der Waals surface area (Å²) in [6, 6.07) is 57.6. The van der Waals surface area contributed by atoms with E-state index in [0.717, 1.165) is 77.2 Å². The summed E-state index contributed by atoms with van der Waals surface area (Å²) < 4.78 is 4.35. The number of aromatic nitrogens is 2. The molecule has 0 bridgehead atoms. The Morgan fingerprint density at radius 3 is 1.54 bits per heavy atom. The zero-order valence-electron chi connectivity index (χ0n) is 26.7. The first-order chi connectivity index (χ1) is 24.7. The third kappa shape index (κ3) is 4.24. The zero-order valence-corrected chi connectivity index (χ0v) is 26.7. The van der Waals surface area contributed by atoms with Crippen LogP contribution in [0.25, 0.3) is 77.2 Å². The summed E-state index contributed by atoms with van der Waals surface area (Å²) in [5.41, 5.74) is 10.8. The second kappa shape index (κ2) is 11.4. The summed E-state index contributed by atoms with van der Waals surface area (Å²) in [6.45, 7) is 0. The van der Waals surface area contributed by atoms with E-state index >= 15 is 0 Å². The minimum Gasteiger partial charge on any atom is -0.309 e. The summed E-state index contributed by atoms with van der Waals surface area (Å²) in [5, 5.41) is 35.1. The van der Waals surface area contributed by atoms with Crippen LogP contribution in [0.5, 0.6) is 0 Å². The van der Waals surface area contributed by atoms with E-state index in [4.69, 9.17) is 0 Å². The van der Waals surface area contributed by atoms with Crippen molar-refractivity contribution in [3.8, 4) is 51.8 Å². The van der Waals surface area contributed by atoms with Gasteiger partial charge in [0.15, 0.2) is 0 Å². The van der Waals surface area contributed by atoms with Gasteiger partial charge in [-0.2, -0.15) is 15.8 Å². The van der Waals surface area contributed by atoms with Gasteiger partial charge in [0.25, 0.3) is 0 Å². The standard InChI is InChI=1S/C45H25N5/c46-26-29-20-23-44-40(24-29)38-15-5-8-19-43(38)50(44)45-30(27-47)10-9-16-39(45)35-12-2-1-11-34(35)33-22-21-32(25-31(33)28-48)49-41-17-6-3-13-36(41)37-14-4-7-18-42(37)49/h1-25H. The van der Waals surface area contributed by atoms with Crippen LogP contribution in [0.2, 0.25) is 0 Å². The predicted molar refractivity (Wildman–Crippen MR) is 200 cm³/mol. The van der Waals surface area contributed by atoms with E-state index in [1.165, 1.54) is 0 Å². The number of fused-ring (bicyclic) bond motifs is 6. The Hall–Kier alpha value is -7.39. The Bertz CT molecular complexity index is 2920. The van der Waals surface area contributed by atoms with Crippen LogP contribution < -0.4 is 0 Å². The Morgan fingerprint density at radius 2 is 0.900 bits per heavy atom. The zero-order chi connectivity index (χ0) is 33.8. The van der Waals surface area contributed by atoms with Gasteiger partial charge in [-0.3, -0.25) is 0 Å². The molecule has 230 valence electrons. The number of para-hydroxylation sites is 4. The van der Waals surface area contributed by atoms with E-state index in [0.29, 0.717) is 16.7 Å². The maximum absolute atomic E-state index is 10.6. The van der Waals surface area contributed by atoms with Crippen LogP contribution in [0, 0.1) is 34.0 Å². The van der Waals surface area contributed by atoms with E-state index in [1.54, 1.807) is 0 Å². The number of nitriles is 3. The van der Waals surface area contributed by atoms with E-state index in [9.17, 15) is 15.8 Å². The lowest BCUT2D eigenvalue weighted by Gasteiger charge is -2.19. The number of rotatable bonds is 4. The highest BCUT2D eigenvalue weighted by Crippen LogP contribution is 2.42. The van der Waals surface area contributed by atoms with Gasteiger partial charge in [0.1, 0.15) is 6.07 Å². The summed E-state index contributed by atoms with van der Waals surface area (Å²) in [7, 11) is 0. The predicted octanol–water partition coefficient (Wildman–Crippen LogP) is 10.8. The van der Waals surface area contributed by atoms with E-state index in [-0.39, 0.29) is 0 Å². The minimum absolute atomic E-state index is 0.520.